The fraction of sp³-hybridized carbons (Fsp3) is 1.00. The summed E-state index contributed by atoms with van der Waals surface area (Å²) in [5.41, 5.74) is -0.432. The van der Waals surface area contributed by atoms with Gasteiger partial charge in [0.05, 0.1) is 5.60 Å². The van der Waals surface area contributed by atoms with Crippen molar-refractivity contribution in [1.29, 1.82) is 0 Å². The number of aliphatic hydroxyl groups is 1. The van der Waals surface area contributed by atoms with E-state index in [1.165, 1.54) is 32.1 Å². The first-order valence-corrected chi connectivity index (χ1v) is 7.01. The third-order valence-electron chi connectivity index (χ3n) is 3.84. The molecule has 0 saturated heterocycles. The lowest BCUT2D eigenvalue weighted by Gasteiger charge is -2.36. The molecule has 16 heavy (non-hydrogen) atoms. The van der Waals surface area contributed by atoms with Crippen LogP contribution in [-0.2, 0) is 0 Å². The van der Waals surface area contributed by atoms with Crippen molar-refractivity contribution in [3.63, 3.8) is 0 Å². The van der Waals surface area contributed by atoms with Crippen LogP contribution in [0.2, 0.25) is 0 Å². The molecule has 1 aliphatic carbocycles. The van der Waals surface area contributed by atoms with Gasteiger partial charge in [-0.05, 0) is 32.1 Å². The Kier molecular flexibility index (Phi) is 5.77. The standard InChI is InChI=1S/C14H29NO/c1-4-5-8-13(3)15-11-14(16)9-6-7-12(2)10-14/h12-13,15-16H,4-11H2,1-3H3. The van der Waals surface area contributed by atoms with E-state index in [1.807, 2.05) is 0 Å². The molecule has 3 unspecified atom stereocenters. The van der Waals surface area contributed by atoms with Gasteiger partial charge in [-0.25, -0.2) is 0 Å². The molecule has 96 valence electrons. The lowest BCUT2D eigenvalue weighted by Crippen LogP contribution is -2.46. The second kappa shape index (κ2) is 6.61. The van der Waals surface area contributed by atoms with E-state index in [1.54, 1.807) is 0 Å². The average Bonchev–Trinajstić information content (AvgIpc) is 2.23. The van der Waals surface area contributed by atoms with E-state index in [-0.39, 0.29) is 0 Å². The minimum atomic E-state index is -0.432. The first-order chi connectivity index (χ1) is 7.56. The normalized spacial score (nSPS) is 32.6. The van der Waals surface area contributed by atoms with E-state index >= 15 is 0 Å². The van der Waals surface area contributed by atoms with Crippen molar-refractivity contribution in [3.05, 3.63) is 0 Å². The van der Waals surface area contributed by atoms with Gasteiger partial charge in [-0.3, -0.25) is 0 Å². The van der Waals surface area contributed by atoms with Gasteiger partial charge in [0.1, 0.15) is 0 Å². The topological polar surface area (TPSA) is 32.3 Å². The molecule has 1 aliphatic rings. The highest BCUT2D eigenvalue weighted by atomic mass is 16.3. The summed E-state index contributed by atoms with van der Waals surface area (Å²) in [4.78, 5) is 0. The number of hydrogen-bond acceptors (Lipinski definition) is 2. The van der Waals surface area contributed by atoms with Gasteiger partial charge in [-0.2, -0.15) is 0 Å². The Morgan fingerprint density at radius 3 is 2.88 bits per heavy atom. The molecule has 0 aliphatic heterocycles. The predicted molar refractivity (Wildman–Crippen MR) is 69.6 cm³/mol. The molecule has 1 saturated carbocycles. The predicted octanol–water partition coefficient (Wildman–Crippen LogP) is 3.10. The molecule has 2 N–H and O–H groups in total. The molecule has 3 atom stereocenters. The number of hydrogen-bond donors (Lipinski definition) is 2. The van der Waals surface area contributed by atoms with Crippen LogP contribution in [0.15, 0.2) is 0 Å². The summed E-state index contributed by atoms with van der Waals surface area (Å²) >= 11 is 0. The van der Waals surface area contributed by atoms with Crippen molar-refractivity contribution in [2.45, 2.75) is 77.4 Å². The molecule has 1 rings (SSSR count). The maximum Gasteiger partial charge on any atom is 0.0774 e. The minimum Gasteiger partial charge on any atom is -0.389 e. The Morgan fingerprint density at radius 2 is 2.25 bits per heavy atom. The zero-order valence-electron chi connectivity index (χ0n) is 11.3. The van der Waals surface area contributed by atoms with Crippen LogP contribution in [0, 0.1) is 5.92 Å². The van der Waals surface area contributed by atoms with Gasteiger partial charge in [0.15, 0.2) is 0 Å². The number of nitrogens with one attached hydrogen (secondary N) is 1. The molecular formula is C14H29NO. The third kappa shape index (κ3) is 4.84. The highest BCUT2D eigenvalue weighted by molar-refractivity contribution is 4.87. The Morgan fingerprint density at radius 1 is 1.50 bits per heavy atom. The highest BCUT2D eigenvalue weighted by Crippen LogP contribution is 2.31. The maximum absolute atomic E-state index is 10.5. The SMILES string of the molecule is CCCCC(C)NCC1(O)CCCC(C)C1. The van der Waals surface area contributed by atoms with E-state index < -0.39 is 5.60 Å². The lowest BCUT2D eigenvalue weighted by molar-refractivity contribution is -0.0135. The van der Waals surface area contributed by atoms with Crippen LogP contribution in [-0.4, -0.2) is 23.3 Å². The summed E-state index contributed by atoms with van der Waals surface area (Å²) in [6, 6.07) is 0.543. The van der Waals surface area contributed by atoms with Crippen LogP contribution in [0.5, 0.6) is 0 Å². The van der Waals surface area contributed by atoms with Crippen molar-refractivity contribution in [2.75, 3.05) is 6.54 Å². The second-order valence-corrected chi connectivity index (χ2v) is 5.85. The molecule has 2 heteroatoms. The summed E-state index contributed by atoms with van der Waals surface area (Å²) in [6.45, 7) is 7.49. The second-order valence-electron chi connectivity index (χ2n) is 5.85. The van der Waals surface area contributed by atoms with Gasteiger partial charge in [-0.15, -0.1) is 0 Å². The van der Waals surface area contributed by atoms with Crippen molar-refractivity contribution < 1.29 is 5.11 Å². The van der Waals surface area contributed by atoms with Crippen LogP contribution < -0.4 is 5.32 Å². The van der Waals surface area contributed by atoms with Crippen LogP contribution in [0.3, 0.4) is 0 Å². The largest absolute Gasteiger partial charge is 0.389 e. The van der Waals surface area contributed by atoms with Gasteiger partial charge >= 0.3 is 0 Å². The average molecular weight is 227 g/mol. The number of unbranched alkanes of at least 4 members (excludes halogenated alkanes) is 1. The van der Waals surface area contributed by atoms with Gasteiger partial charge in [0, 0.05) is 12.6 Å². The fourth-order valence-electron chi connectivity index (χ4n) is 2.77. The summed E-state index contributed by atoms with van der Waals surface area (Å²) in [6.07, 6.45) is 8.18. The van der Waals surface area contributed by atoms with Gasteiger partial charge in [0.2, 0.25) is 0 Å². The van der Waals surface area contributed by atoms with E-state index in [0.717, 1.165) is 19.4 Å². The summed E-state index contributed by atoms with van der Waals surface area (Å²) < 4.78 is 0. The molecular weight excluding hydrogens is 198 g/mol. The molecule has 0 aromatic heterocycles. The minimum absolute atomic E-state index is 0.432. The summed E-state index contributed by atoms with van der Waals surface area (Å²) in [7, 11) is 0. The monoisotopic (exact) mass is 227 g/mol. The Labute approximate surface area is 101 Å². The third-order valence-corrected chi connectivity index (χ3v) is 3.84. The molecule has 0 aromatic rings. The van der Waals surface area contributed by atoms with Gasteiger partial charge in [-0.1, -0.05) is 39.5 Å². The molecule has 1 fully saturated rings. The molecule has 0 radical (unpaired) electrons. The van der Waals surface area contributed by atoms with Crippen molar-refractivity contribution in [3.8, 4) is 0 Å². The first kappa shape index (κ1) is 14.0. The smallest absolute Gasteiger partial charge is 0.0774 e. The number of rotatable bonds is 6. The van der Waals surface area contributed by atoms with Crippen LogP contribution in [0.4, 0.5) is 0 Å². The maximum atomic E-state index is 10.5. The van der Waals surface area contributed by atoms with E-state index in [9.17, 15) is 5.11 Å². The summed E-state index contributed by atoms with van der Waals surface area (Å²) in [5, 5.41) is 14.0. The molecule has 0 heterocycles. The van der Waals surface area contributed by atoms with Crippen molar-refractivity contribution in [1.82, 2.24) is 5.32 Å². The van der Waals surface area contributed by atoms with Crippen LogP contribution in [0.25, 0.3) is 0 Å². The highest BCUT2D eigenvalue weighted by Gasteiger charge is 2.32. The van der Waals surface area contributed by atoms with Crippen molar-refractivity contribution in [2.24, 2.45) is 5.92 Å². The molecule has 2 nitrogen and oxygen atoms in total. The van der Waals surface area contributed by atoms with Crippen molar-refractivity contribution >= 4 is 0 Å². The zero-order chi connectivity index (χ0) is 12.0. The van der Waals surface area contributed by atoms with Crippen LogP contribution in [0.1, 0.15) is 65.7 Å². The quantitative estimate of drug-likeness (QED) is 0.731. The van der Waals surface area contributed by atoms with E-state index in [2.05, 4.69) is 26.1 Å². The summed E-state index contributed by atoms with van der Waals surface area (Å²) in [5.74, 6) is 0.687. The van der Waals surface area contributed by atoms with E-state index in [0.29, 0.717) is 12.0 Å². The van der Waals surface area contributed by atoms with Gasteiger partial charge in [0.25, 0.3) is 0 Å². The van der Waals surface area contributed by atoms with Gasteiger partial charge < -0.3 is 10.4 Å². The molecule has 0 spiro atoms. The lowest BCUT2D eigenvalue weighted by atomic mass is 9.79. The Hall–Kier alpha value is -0.0800. The zero-order valence-corrected chi connectivity index (χ0v) is 11.3. The molecule has 0 bridgehead atoms. The molecule has 0 amide bonds. The fourth-order valence-corrected chi connectivity index (χ4v) is 2.77. The molecule has 0 aromatic carbocycles. The first-order valence-electron chi connectivity index (χ1n) is 7.01. The Balaban J connectivity index is 2.24. The van der Waals surface area contributed by atoms with E-state index in [4.69, 9.17) is 0 Å². The van der Waals surface area contributed by atoms with Crippen LogP contribution >= 0.6 is 0 Å². The Bertz CT molecular complexity index is 195.